The molecule has 82 valence electrons. The molecule has 1 aromatic rings. The van der Waals surface area contributed by atoms with E-state index >= 15 is 0 Å². The lowest BCUT2D eigenvalue weighted by Gasteiger charge is -2.06. The topological polar surface area (TPSA) is 60.4 Å². The first-order valence-corrected chi connectivity index (χ1v) is 6.44. The maximum Gasteiger partial charge on any atom is 0.153 e. The molecule has 0 spiro atoms. The Bertz CT molecular complexity index is 436. The SMILES string of the molecule is CS(=O)(=O)CCOc1ccccc1C=O. The third-order valence-electron chi connectivity index (χ3n) is 1.76. The number of benzene rings is 1. The fourth-order valence-corrected chi connectivity index (χ4v) is 1.40. The van der Waals surface area contributed by atoms with Crippen LogP contribution in [0.4, 0.5) is 0 Å². The first kappa shape index (κ1) is 11.7. The highest BCUT2D eigenvalue weighted by atomic mass is 32.2. The highest BCUT2D eigenvalue weighted by Gasteiger charge is 2.04. The molecule has 15 heavy (non-hydrogen) atoms. The van der Waals surface area contributed by atoms with Crippen LogP contribution in [0.2, 0.25) is 0 Å². The van der Waals surface area contributed by atoms with E-state index in [1.807, 2.05) is 0 Å². The van der Waals surface area contributed by atoms with Gasteiger partial charge in [0.05, 0.1) is 11.3 Å². The number of hydrogen-bond donors (Lipinski definition) is 0. The van der Waals surface area contributed by atoms with Crippen molar-refractivity contribution < 1.29 is 17.9 Å². The van der Waals surface area contributed by atoms with E-state index in [2.05, 4.69) is 0 Å². The van der Waals surface area contributed by atoms with Crippen molar-refractivity contribution in [2.24, 2.45) is 0 Å². The zero-order valence-corrected chi connectivity index (χ0v) is 9.16. The molecule has 0 aliphatic rings. The first-order valence-electron chi connectivity index (χ1n) is 4.37. The van der Waals surface area contributed by atoms with Gasteiger partial charge in [0.1, 0.15) is 12.4 Å². The summed E-state index contributed by atoms with van der Waals surface area (Å²) in [5.41, 5.74) is 0.422. The molecule has 0 amide bonds. The monoisotopic (exact) mass is 228 g/mol. The summed E-state index contributed by atoms with van der Waals surface area (Å²) < 4.78 is 26.8. The number of ether oxygens (including phenoxy) is 1. The van der Waals surface area contributed by atoms with Crippen LogP contribution in [0.1, 0.15) is 10.4 Å². The van der Waals surface area contributed by atoms with E-state index in [1.54, 1.807) is 24.3 Å². The third-order valence-corrected chi connectivity index (χ3v) is 2.67. The Morgan fingerprint density at radius 1 is 1.33 bits per heavy atom. The van der Waals surface area contributed by atoms with Gasteiger partial charge in [-0.05, 0) is 12.1 Å². The van der Waals surface area contributed by atoms with Gasteiger partial charge in [-0.2, -0.15) is 0 Å². The molecule has 1 aromatic carbocycles. The largest absolute Gasteiger partial charge is 0.492 e. The van der Waals surface area contributed by atoms with Crippen molar-refractivity contribution >= 4 is 16.1 Å². The Labute approximate surface area is 88.8 Å². The van der Waals surface area contributed by atoms with Crippen LogP contribution in [0, 0.1) is 0 Å². The molecule has 0 radical (unpaired) electrons. The van der Waals surface area contributed by atoms with E-state index in [0.29, 0.717) is 17.6 Å². The lowest BCUT2D eigenvalue weighted by atomic mass is 10.2. The van der Waals surface area contributed by atoms with E-state index in [1.165, 1.54) is 0 Å². The van der Waals surface area contributed by atoms with Gasteiger partial charge in [0.25, 0.3) is 0 Å². The van der Waals surface area contributed by atoms with E-state index in [9.17, 15) is 13.2 Å². The number of carbonyl (C=O) groups is 1. The average Bonchev–Trinajstić information content (AvgIpc) is 2.16. The second kappa shape index (κ2) is 4.93. The van der Waals surface area contributed by atoms with Gasteiger partial charge in [-0.25, -0.2) is 8.42 Å². The van der Waals surface area contributed by atoms with Gasteiger partial charge in [0, 0.05) is 6.26 Å². The molecule has 0 aliphatic heterocycles. The summed E-state index contributed by atoms with van der Waals surface area (Å²) in [6, 6.07) is 6.69. The van der Waals surface area contributed by atoms with Crippen LogP contribution in [-0.4, -0.2) is 33.3 Å². The predicted molar refractivity (Wildman–Crippen MR) is 57.0 cm³/mol. The molecule has 0 bridgehead atoms. The Hall–Kier alpha value is -1.36. The van der Waals surface area contributed by atoms with Crippen molar-refractivity contribution in [2.45, 2.75) is 0 Å². The van der Waals surface area contributed by atoms with Crippen LogP contribution in [0.25, 0.3) is 0 Å². The van der Waals surface area contributed by atoms with Crippen LogP contribution in [-0.2, 0) is 9.84 Å². The van der Waals surface area contributed by atoms with Crippen molar-refractivity contribution in [1.29, 1.82) is 0 Å². The normalized spacial score (nSPS) is 11.0. The number of aldehydes is 1. The minimum atomic E-state index is -3.03. The van der Waals surface area contributed by atoms with E-state index < -0.39 is 9.84 Å². The van der Waals surface area contributed by atoms with Gasteiger partial charge in [0.2, 0.25) is 0 Å². The molecule has 0 fully saturated rings. The number of hydrogen-bond acceptors (Lipinski definition) is 4. The van der Waals surface area contributed by atoms with Crippen LogP contribution < -0.4 is 4.74 Å². The van der Waals surface area contributed by atoms with Gasteiger partial charge in [-0.15, -0.1) is 0 Å². The summed E-state index contributed by atoms with van der Waals surface area (Å²) >= 11 is 0. The Morgan fingerprint density at radius 3 is 2.60 bits per heavy atom. The van der Waals surface area contributed by atoms with Crippen LogP contribution >= 0.6 is 0 Å². The van der Waals surface area contributed by atoms with Crippen molar-refractivity contribution in [3.05, 3.63) is 29.8 Å². The van der Waals surface area contributed by atoms with Crippen molar-refractivity contribution in [1.82, 2.24) is 0 Å². The molecule has 0 aromatic heterocycles. The molecule has 1 rings (SSSR count). The predicted octanol–water partition coefficient (Wildman–Crippen LogP) is 0.923. The lowest BCUT2D eigenvalue weighted by molar-refractivity contribution is 0.112. The second-order valence-electron chi connectivity index (χ2n) is 3.13. The van der Waals surface area contributed by atoms with Gasteiger partial charge in [-0.1, -0.05) is 12.1 Å². The van der Waals surface area contributed by atoms with Gasteiger partial charge in [-0.3, -0.25) is 4.79 Å². The standard InChI is InChI=1S/C10H12O4S/c1-15(12,13)7-6-14-10-5-3-2-4-9(10)8-11/h2-5,8H,6-7H2,1H3. The van der Waals surface area contributed by atoms with E-state index in [0.717, 1.165) is 6.26 Å². The molecule has 4 nitrogen and oxygen atoms in total. The summed E-state index contributed by atoms with van der Waals surface area (Å²) in [4.78, 5) is 10.6. The van der Waals surface area contributed by atoms with Gasteiger partial charge in [0.15, 0.2) is 16.1 Å². The van der Waals surface area contributed by atoms with Crippen LogP contribution in [0.3, 0.4) is 0 Å². The molecule has 5 heteroatoms. The summed E-state index contributed by atoms with van der Waals surface area (Å²) in [5, 5.41) is 0. The second-order valence-corrected chi connectivity index (χ2v) is 5.39. The molecule has 0 N–H and O–H groups in total. The number of carbonyl (C=O) groups excluding carboxylic acids is 1. The van der Waals surface area contributed by atoms with E-state index in [-0.39, 0.29) is 12.4 Å². The summed E-state index contributed by atoms with van der Waals surface area (Å²) in [6.07, 6.45) is 1.82. The zero-order chi connectivity index (χ0) is 11.3. The molecular weight excluding hydrogens is 216 g/mol. The zero-order valence-electron chi connectivity index (χ0n) is 8.34. The highest BCUT2D eigenvalue weighted by Crippen LogP contribution is 2.15. The smallest absolute Gasteiger partial charge is 0.153 e. The first-order chi connectivity index (χ1) is 7.03. The summed E-state index contributed by atoms with van der Waals surface area (Å²) in [5.74, 6) is 0.358. The van der Waals surface area contributed by atoms with Crippen molar-refractivity contribution in [3.8, 4) is 5.75 Å². The third kappa shape index (κ3) is 4.12. The number of rotatable bonds is 5. The van der Waals surface area contributed by atoms with Crippen LogP contribution in [0.15, 0.2) is 24.3 Å². The Kier molecular flexibility index (Phi) is 3.85. The molecule has 0 heterocycles. The summed E-state index contributed by atoms with van der Waals surface area (Å²) in [7, 11) is -3.03. The summed E-state index contributed by atoms with van der Waals surface area (Å²) in [6.45, 7) is 0.0592. The van der Waals surface area contributed by atoms with Crippen molar-refractivity contribution in [2.75, 3.05) is 18.6 Å². The molecule has 0 atom stereocenters. The number of para-hydroxylation sites is 1. The van der Waals surface area contributed by atoms with Crippen molar-refractivity contribution in [3.63, 3.8) is 0 Å². The molecule has 0 saturated carbocycles. The Balaban J connectivity index is 2.61. The molecular formula is C10H12O4S. The quantitative estimate of drug-likeness (QED) is 0.703. The molecule has 0 aliphatic carbocycles. The Morgan fingerprint density at radius 2 is 2.00 bits per heavy atom. The fraction of sp³-hybridized carbons (Fsp3) is 0.300. The average molecular weight is 228 g/mol. The van der Waals surface area contributed by atoms with Gasteiger partial charge >= 0.3 is 0 Å². The number of sulfone groups is 1. The van der Waals surface area contributed by atoms with E-state index in [4.69, 9.17) is 4.74 Å². The maximum atomic E-state index is 10.8. The minimum Gasteiger partial charge on any atom is -0.492 e. The fourth-order valence-electron chi connectivity index (χ4n) is 1.01. The molecule has 0 saturated heterocycles. The highest BCUT2D eigenvalue weighted by molar-refractivity contribution is 7.90. The van der Waals surface area contributed by atoms with Gasteiger partial charge < -0.3 is 4.74 Å². The lowest BCUT2D eigenvalue weighted by Crippen LogP contribution is -2.12. The molecule has 0 unspecified atom stereocenters. The minimum absolute atomic E-state index is 0.0554. The maximum absolute atomic E-state index is 10.8. The van der Waals surface area contributed by atoms with Crippen LogP contribution in [0.5, 0.6) is 5.75 Å².